The molecule has 0 aliphatic heterocycles. The number of carbonyl (C=O) groups is 1. The van der Waals surface area contributed by atoms with Crippen LogP contribution >= 0.6 is 0 Å². The van der Waals surface area contributed by atoms with Crippen molar-refractivity contribution in [1.29, 1.82) is 0 Å². The number of benzene rings is 2. The van der Waals surface area contributed by atoms with E-state index in [1.807, 2.05) is 0 Å². The van der Waals surface area contributed by atoms with Crippen molar-refractivity contribution in [1.82, 2.24) is 5.32 Å². The molecule has 0 aromatic heterocycles. The zero-order valence-electron chi connectivity index (χ0n) is 13.5. The van der Waals surface area contributed by atoms with E-state index in [1.54, 1.807) is 30.3 Å². The molecule has 1 aliphatic carbocycles. The molecule has 2 atom stereocenters. The molecule has 0 saturated heterocycles. The van der Waals surface area contributed by atoms with Gasteiger partial charge in [-0.3, -0.25) is 4.79 Å². The lowest BCUT2D eigenvalue weighted by Gasteiger charge is -2.13. The summed E-state index contributed by atoms with van der Waals surface area (Å²) in [5.74, 6) is -0.229. The van der Waals surface area contributed by atoms with Gasteiger partial charge < -0.3 is 11.1 Å². The Hall–Kier alpha value is -2.34. The van der Waals surface area contributed by atoms with E-state index in [0.717, 1.165) is 31.4 Å². The molecule has 0 spiro atoms. The second-order valence-corrected chi connectivity index (χ2v) is 6.40. The predicted molar refractivity (Wildman–Crippen MR) is 90.0 cm³/mol. The second kappa shape index (κ2) is 6.88. The quantitative estimate of drug-likeness (QED) is 0.881. The van der Waals surface area contributed by atoms with Gasteiger partial charge in [0.25, 0.3) is 5.91 Å². The van der Waals surface area contributed by atoms with E-state index in [4.69, 9.17) is 5.73 Å². The molecule has 2 aromatic carbocycles. The lowest BCUT2D eigenvalue weighted by atomic mass is 10.0. The van der Waals surface area contributed by atoms with E-state index in [-0.39, 0.29) is 18.0 Å². The number of hydrogen-bond donors (Lipinski definition) is 2. The minimum absolute atomic E-state index is 0.0553. The Morgan fingerprint density at radius 3 is 2.36 bits per heavy atom. The average Bonchev–Trinajstić information content (AvgIpc) is 2.99. The molecule has 3 nitrogen and oxygen atoms in total. The summed E-state index contributed by atoms with van der Waals surface area (Å²) in [4.78, 5) is 12.4. The topological polar surface area (TPSA) is 55.1 Å². The molecule has 1 fully saturated rings. The molecule has 1 amide bonds. The average molecular weight is 348 g/mol. The van der Waals surface area contributed by atoms with Gasteiger partial charge in [-0.1, -0.05) is 24.3 Å². The summed E-state index contributed by atoms with van der Waals surface area (Å²) in [7, 11) is 0. The maximum Gasteiger partial charge on any atom is 0.416 e. The molecule has 2 aromatic rings. The fourth-order valence-corrected chi connectivity index (χ4v) is 3.13. The highest BCUT2D eigenvalue weighted by atomic mass is 19.4. The molecule has 132 valence electrons. The molecule has 0 bridgehead atoms. The second-order valence-electron chi connectivity index (χ2n) is 6.40. The first kappa shape index (κ1) is 17.5. The Morgan fingerprint density at radius 1 is 1.04 bits per heavy atom. The highest BCUT2D eigenvalue weighted by molar-refractivity contribution is 5.95. The summed E-state index contributed by atoms with van der Waals surface area (Å²) >= 11 is 0. The first-order valence-corrected chi connectivity index (χ1v) is 8.17. The monoisotopic (exact) mass is 348 g/mol. The van der Waals surface area contributed by atoms with Crippen LogP contribution in [0.15, 0.2) is 48.5 Å². The Labute approximate surface area is 144 Å². The van der Waals surface area contributed by atoms with Gasteiger partial charge in [0.1, 0.15) is 0 Å². The fourth-order valence-electron chi connectivity index (χ4n) is 3.13. The number of hydrogen-bond acceptors (Lipinski definition) is 2. The maximum atomic E-state index is 12.9. The van der Waals surface area contributed by atoms with Crippen LogP contribution in [0.1, 0.15) is 35.2 Å². The van der Waals surface area contributed by atoms with Gasteiger partial charge in [0.2, 0.25) is 0 Å². The Balaban J connectivity index is 1.81. The number of alkyl halides is 3. The van der Waals surface area contributed by atoms with Gasteiger partial charge in [0.15, 0.2) is 0 Å². The molecule has 25 heavy (non-hydrogen) atoms. The molecule has 1 aliphatic rings. The SMILES string of the molecule is NC1CCC(NC(=O)c2cccc(-c3cccc(C(F)(F)F)c3)c2)C1. The standard InChI is InChI=1S/C19H19F3N2O/c20-19(21,22)15-6-2-4-13(10-15)12-3-1-5-14(9-12)18(25)24-17-8-7-16(23)11-17/h1-6,9-10,16-17H,7-8,11,23H2,(H,24,25). The van der Waals surface area contributed by atoms with Gasteiger partial charge in [0.05, 0.1) is 5.56 Å². The van der Waals surface area contributed by atoms with Crippen LogP contribution < -0.4 is 11.1 Å². The van der Waals surface area contributed by atoms with Crippen LogP contribution in [-0.4, -0.2) is 18.0 Å². The first-order valence-electron chi connectivity index (χ1n) is 8.17. The van der Waals surface area contributed by atoms with Gasteiger partial charge in [-0.05, 0) is 54.7 Å². The van der Waals surface area contributed by atoms with Gasteiger partial charge in [-0.25, -0.2) is 0 Å². The lowest BCUT2D eigenvalue weighted by Crippen LogP contribution is -2.34. The van der Waals surface area contributed by atoms with E-state index < -0.39 is 11.7 Å². The summed E-state index contributed by atoms with van der Waals surface area (Å²) in [5, 5.41) is 2.94. The van der Waals surface area contributed by atoms with E-state index in [1.165, 1.54) is 6.07 Å². The van der Waals surface area contributed by atoms with Crippen LogP contribution in [0, 0.1) is 0 Å². The third kappa shape index (κ3) is 4.20. The third-order valence-corrected chi connectivity index (χ3v) is 4.46. The minimum Gasteiger partial charge on any atom is -0.349 e. The van der Waals surface area contributed by atoms with Crippen molar-refractivity contribution in [2.75, 3.05) is 0 Å². The van der Waals surface area contributed by atoms with Crippen LogP contribution in [0.25, 0.3) is 11.1 Å². The third-order valence-electron chi connectivity index (χ3n) is 4.46. The Kier molecular flexibility index (Phi) is 4.81. The van der Waals surface area contributed by atoms with Crippen molar-refractivity contribution in [3.63, 3.8) is 0 Å². The Morgan fingerprint density at radius 2 is 1.72 bits per heavy atom. The molecule has 2 unspecified atom stereocenters. The summed E-state index contributed by atoms with van der Waals surface area (Å²) in [6, 6.07) is 11.9. The van der Waals surface area contributed by atoms with Crippen LogP contribution in [0.3, 0.4) is 0 Å². The largest absolute Gasteiger partial charge is 0.416 e. The molecule has 6 heteroatoms. The van der Waals surface area contributed by atoms with E-state index in [0.29, 0.717) is 16.7 Å². The summed E-state index contributed by atoms with van der Waals surface area (Å²) < 4.78 is 38.6. The maximum absolute atomic E-state index is 12.9. The summed E-state index contributed by atoms with van der Waals surface area (Å²) in [6.45, 7) is 0. The number of carbonyl (C=O) groups excluding carboxylic acids is 1. The van der Waals surface area contributed by atoms with E-state index in [9.17, 15) is 18.0 Å². The normalized spacial score (nSPS) is 20.5. The zero-order chi connectivity index (χ0) is 18.0. The minimum atomic E-state index is -4.40. The summed E-state index contributed by atoms with van der Waals surface area (Å²) in [6.07, 6.45) is -1.92. The highest BCUT2D eigenvalue weighted by Crippen LogP contribution is 2.32. The number of nitrogens with one attached hydrogen (secondary N) is 1. The van der Waals surface area contributed by atoms with Crippen molar-refractivity contribution in [2.24, 2.45) is 5.73 Å². The number of halogens is 3. The molecule has 3 rings (SSSR count). The fraction of sp³-hybridized carbons (Fsp3) is 0.316. The molecule has 0 radical (unpaired) electrons. The van der Waals surface area contributed by atoms with Gasteiger partial charge >= 0.3 is 6.18 Å². The number of amides is 1. The zero-order valence-corrected chi connectivity index (χ0v) is 13.5. The van der Waals surface area contributed by atoms with Crippen molar-refractivity contribution < 1.29 is 18.0 Å². The highest BCUT2D eigenvalue weighted by Gasteiger charge is 2.30. The van der Waals surface area contributed by atoms with Crippen LogP contribution in [0.5, 0.6) is 0 Å². The smallest absolute Gasteiger partial charge is 0.349 e. The van der Waals surface area contributed by atoms with Crippen LogP contribution in [0.2, 0.25) is 0 Å². The van der Waals surface area contributed by atoms with Gasteiger partial charge in [-0.15, -0.1) is 0 Å². The van der Waals surface area contributed by atoms with Crippen molar-refractivity contribution in [3.8, 4) is 11.1 Å². The first-order chi connectivity index (χ1) is 11.8. The van der Waals surface area contributed by atoms with Crippen LogP contribution in [-0.2, 0) is 6.18 Å². The Bertz CT molecular complexity index is 773. The van der Waals surface area contributed by atoms with E-state index in [2.05, 4.69) is 5.32 Å². The van der Waals surface area contributed by atoms with Gasteiger partial charge in [0, 0.05) is 17.6 Å². The van der Waals surface area contributed by atoms with Crippen molar-refractivity contribution >= 4 is 5.91 Å². The van der Waals surface area contributed by atoms with Crippen molar-refractivity contribution in [3.05, 3.63) is 59.7 Å². The van der Waals surface area contributed by atoms with Crippen LogP contribution in [0.4, 0.5) is 13.2 Å². The molecule has 1 saturated carbocycles. The molecular weight excluding hydrogens is 329 g/mol. The molecular formula is C19H19F3N2O. The van der Waals surface area contributed by atoms with E-state index >= 15 is 0 Å². The van der Waals surface area contributed by atoms with Crippen molar-refractivity contribution in [2.45, 2.75) is 37.5 Å². The molecule has 0 heterocycles. The molecule has 3 N–H and O–H groups in total. The van der Waals surface area contributed by atoms with Gasteiger partial charge in [-0.2, -0.15) is 13.2 Å². The number of rotatable bonds is 3. The predicted octanol–water partition coefficient (Wildman–Crippen LogP) is 3.98. The summed E-state index contributed by atoms with van der Waals surface area (Å²) in [5.41, 5.74) is 6.56. The number of nitrogens with two attached hydrogens (primary N) is 1. The lowest BCUT2D eigenvalue weighted by molar-refractivity contribution is -0.137.